The molecule has 3 rings (SSSR count). The molecule has 5 nitrogen and oxygen atoms in total. The van der Waals surface area contributed by atoms with Crippen molar-refractivity contribution in [1.29, 1.82) is 0 Å². The van der Waals surface area contributed by atoms with E-state index in [4.69, 9.17) is 27.6 Å². The van der Waals surface area contributed by atoms with E-state index in [1.807, 2.05) is 13.8 Å². The summed E-state index contributed by atoms with van der Waals surface area (Å²) in [4.78, 5) is 12.7. The number of rotatable bonds is 5. The number of hydrogen-bond donors (Lipinski definition) is 1. The summed E-state index contributed by atoms with van der Waals surface area (Å²) >= 11 is 12.1. The molecule has 7 heteroatoms. The van der Waals surface area contributed by atoms with Gasteiger partial charge in [-0.05, 0) is 43.7 Å². The molecule has 1 aromatic carbocycles. The molecule has 0 saturated heterocycles. The SMILES string of the molecule is CC[C@H](C)NC(=O)c1cc(-c2ccco2)nn1-c1ccc(Cl)c(Cl)c1. The van der Waals surface area contributed by atoms with Gasteiger partial charge in [-0.3, -0.25) is 4.79 Å². The van der Waals surface area contributed by atoms with Crippen LogP contribution in [0.5, 0.6) is 0 Å². The van der Waals surface area contributed by atoms with Gasteiger partial charge in [0, 0.05) is 12.1 Å². The summed E-state index contributed by atoms with van der Waals surface area (Å²) in [6.07, 6.45) is 2.39. The van der Waals surface area contributed by atoms with Crippen LogP contribution in [0.1, 0.15) is 30.8 Å². The maximum Gasteiger partial charge on any atom is 0.270 e. The number of furan rings is 1. The fraction of sp³-hybridized carbons (Fsp3) is 0.222. The summed E-state index contributed by atoms with van der Waals surface area (Å²) in [6, 6.07) is 10.4. The summed E-state index contributed by atoms with van der Waals surface area (Å²) in [5.41, 5.74) is 1.59. The predicted octanol–water partition coefficient (Wildman–Crippen LogP) is 4.97. The molecule has 0 bridgehead atoms. The van der Waals surface area contributed by atoms with Gasteiger partial charge in [0.25, 0.3) is 5.91 Å². The minimum absolute atomic E-state index is 0.0525. The molecule has 0 radical (unpaired) electrons. The van der Waals surface area contributed by atoms with Crippen LogP contribution in [0.15, 0.2) is 47.1 Å². The number of benzene rings is 1. The molecule has 1 atom stereocenters. The topological polar surface area (TPSA) is 60.1 Å². The minimum Gasteiger partial charge on any atom is -0.463 e. The lowest BCUT2D eigenvalue weighted by atomic mass is 10.2. The van der Waals surface area contributed by atoms with Crippen molar-refractivity contribution < 1.29 is 9.21 Å². The van der Waals surface area contributed by atoms with Gasteiger partial charge in [0.05, 0.1) is 22.0 Å². The van der Waals surface area contributed by atoms with E-state index in [9.17, 15) is 4.79 Å². The van der Waals surface area contributed by atoms with Crippen molar-refractivity contribution in [2.75, 3.05) is 0 Å². The Morgan fingerprint density at radius 3 is 2.72 bits per heavy atom. The molecule has 0 aliphatic carbocycles. The first-order valence-corrected chi connectivity index (χ1v) is 8.65. The quantitative estimate of drug-likeness (QED) is 0.682. The Kier molecular flexibility index (Phi) is 5.16. The third-order valence-electron chi connectivity index (χ3n) is 3.85. The van der Waals surface area contributed by atoms with E-state index in [1.165, 1.54) is 4.68 Å². The lowest BCUT2D eigenvalue weighted by Crippen LogP contribution is -2.33. The van der Waals surface area contributed by atoms with Gasteiger partial charge < -0.3 is 9.73 Å². The molecule has 0 unspecified atom stereocenters. The van der Waals surface area contributed by atoms with Crippen LogP contribution < -0.4 is 5.32 Å². The lowest BCUT2D eigenvalue weighted by Gasteiger charge is -2.12. The van der Waals surface area contributed by atoms with Crippen LogP contribution in [0, 0.1) is 0 Å². The molecule has 0 fully saturated rings. The van der Waals surface area contributed by atoms with Gasteiger partial charge in [0.15, 0.2) is 5.76 Å². The fourth-order valence-corrected chi connectivity index (χ4v) is 2.59. The van der Waals surface area contributed by atoms with Crippen molar-refractivity contribution in [2.24, 2.45) is 0 Å². The van der Waals surface area contributed by atoms with E-state index in [0.717, 1.165) is 6.42 Å². The Bertz CT molecular complexity index is 888. The number of carbonyl (C=O) groups is 1. The number of nitrogens with zero attached hydrogens (tertiary/aromatic N) is 2. The normalized spacial score (nSPS) is 12.2. The zero-order chi connectivity index (χ0) is 18.0. The number of halogens is 2. The fourth-order valence-electron chi connectivity index (χ4n) is 2.30. The van der Waals surface area contributed by atoms with E-state index >= 15 is 0 Å². The molecule has 1 N–H and O–H groups in total. The van der Waals surface area contributed by atoms with Crippen molar-refractivity contribution >= 4 is 29.1 Å². The van der Waals surface area contributed by atoms with E-state index in [0.29, 0.717) is 32.9 Å². The van der Waals surface area contributed by atoms with E-state index in [-0.39, 0.29) is 11.9 Å². The van der Waals surface area contributed by atoms with Crippen LogP contribution in [0.3, 0.4) is 0 Å². The van der Waals surface area contributed by atoms with Crippen LogP contribution in [0.2, 0.25) is 10.0 Å². The molecule has 2 heterocycles. The van der Waals surface area contributed by atoms with Gasteiger partial charge in [-0.15, -0.1) is 0 Å². The second-order valence-corrected chi connectivity index (χ2v) is 6.50. The number of hydrogen-bond acceptors (Lipinski definition) is 3. The van der Waals surface area contributed by atoms with E-state index < -0.39 is 0 Å². The Hall–Kier alpha value is -2.24. The van der Waals surface area contributed by atoms with Crippen LogP contribution in [-0.4, -0.2) is 21.7 Å². The largest absolute Gasteiger partial charge is 0.463 e. The molecular formula is C18H17Cl2N3O2. The first kappa shape index (κ1) is 17.6. The first-order valence-electron chi connectivity index (χ1n) is 7.89. The zero-order valence-electron chi connectivity index (χ0n) is 13.8. The minimum atomic E-state index is -0.217. The molecule has 3 aromatic rings. The highest BCUT2D eigenvalue weighted by Gasteiger charge is 2.20. The summed E-state index contributed by atoms with van der Waals surface area (Å²) in [5, 5.41) is 8.29. The highest BCUT2D eigenvalue weighted by Crippen LogP contribution is 2.27. The standard InChI is InChI=1S/C18H17Cl2N3O2/c1-3-11(2)21-18(24)16-10-15(17-5-4-8-25-17)22-23(16)12-6-7-13(19)14(20)9-12/h4-11H,3H2,1-2H3,(H,21,24)/t11-/m0/s1. The maximum absolute atomic E-state index is 12.7. The van der Waals surface area contributed by atoms with Gasteiger partial charge in [-0.2, -0.15) is 5.10 Å². The first-order chi connectivity index (χ1) is 12.0. The Morgan fingerprint density at radius 1 is 1.28 bits per heavy atom. The van der Waals surface area contributed by atoms with Gasteiger partial charge >= 0.3 is 0 Å². The third-order valence-corrected chi connectivity index (χ3v) is 4.59. The van der Waals surface area contributed by atoms with E-state index in [1.54, 1.807) is 42.7 Å². The number of carbonyl (C=O) groups excluding carboxylic acids is 1. The number of nitrogens with one attached hydrogen (secondary N) is 1. The third kappa shape index (κ3) is 3.72. The number of aromatic nitrogens is 2. The van der Waals surface area contributed by atoms with Crippen molar-refractivity contribution in [3.8, 4) is 17.1 Å². The highest BCUT2D eigenvalue weighted by molar-refractivity contribution is 6.42. The van der Waals surface area contributed by atoms with Crippen molar-refractivity contribution in [3.63, 3.8) is 0 Å². The predicted molar refractivity (Wildman–Crippen MR) is 98.5 cm³/mol. The number of amides is 1. The molecule has 0 saturated carbocycles. The molecule has 130 valence electrons. The van der Waals surface area contributed by atoms with Crippen LogP contribution >= 0.6 is 23.2 Å². The molecule has 25 heavy (non-hydrogen) atoms. The molecular weight excluding hydrogens is 361 g/mol. The van der Waals surface area contributed by atoms with Crippen LogP contribution in [0.4, 0.5) is 0 Å². The molecule has 1 amide bonds. The van der Waals surface area contributed by atoms with Crippen molar-refractivity contribution in [1.82, 2.24) is 15.1 Å². The monoisotopic (exact) mass is 377 g/mol. The Balaban J connectivity index is 2.08. The zero-order valence-corrected chi connectivity index (χ0v) is 15.3. The van der Waals surface area contributed by atoms with Gasteiger partial charge in [0.1, 0.15) is 11.4 Å². The van der Waals surface area contributed by atoms with Crippen molar-refractivity contribution in [3.05, 3.63) is 58.4 Å². The van der Waals surface area contributed by atoms with Gasteiger partial charge in [0.2, 0.25) is 0 Å². The van der Waals surface area contributed by atoms with Crippen LogP contribution in [0.25, 0.3) is 17.1 Å². The highest BCUT2D eigenvalue weighted by atomic mass is 35.5. The average molecular weight is 378 g/mol. The second kappa shape index (κ2) is 7.33. The Labute approximate surface area is 155 Å². The summed E-state index contributed by atoms with van der Waals surface area (Å²) in [7, 11) is 0. The van der Waals surface area contributed by atoms with Crippen LogP contribution in [-0.2, 0) is 0 Å². The molecule has 0 aliphatic heterocycles. The lowest BCUT2D eigenvalue weighted by molar-refractivity contribution is 0.0931. The summed E-state index contributed by atoms with van der Waals surface area (Å²) < 4.78 is 6.93. The molecule has 2 aromatic heterocycles. The average Bonchev–Trinajstić information content (AvgIpc) is 3.26. The molecule has 0 spiro atoms. The van der Waals surface area contributed by atoms with Gasteiger partial charge in [-0.1, -0.05) is 30.1 Å². The summed E-state index contributed by atoms with van der Waals surface area (Å²) in [5.74, 6) is 0.363. The van der Waals surface area contributed by atoms with E-state index in [2.05, 4.69) is 10.4 Å². The van der Waals surface area contributed by atoms with Crippen molar-refractivity contribution in [2.45, 2.75) is 26.3 Å². The molecule has 0 aliphatic rings. The smallest absolute Gasteiger partial charge is 0.270 e. The Morgan fingerprint density at radius 2 is 2.08 bits per heavy atom. The van der Waals surface area contributed by atoms with Gasteiger partial charge in [-0.25, -0.2) is 4.68 Å². The summed E-state index contributed by atoms with van der Waals surface area (Å²) in [6.45, 7) is 3.96. The second-order valence-electron chi connectivity index (χ2n) is 5.69. The maximum atomic E-state index is 12.7.